The van der Waals surface area contributed by atoms with Gasteiger partial charge in [-0.05, 0) is 6.92 Å². The van der Waals surface area contributed by atoms with Crippen molar-refractivity contribution in [3.05, 3.63) is 30.2 Å². The van der Waals surface area contributed by atoms with Crippen LogP contribution in [-0.2, 0) is 6.54 Å². The third kappa shape index (κ3) is 1.34. The maximum atomic E-state index is 4.90. The fraction of sp³-hybridized carbons (Fsp3) is 0.286. The summed E-state index contributed by atoms with van der Waals surface area (Å²) in [5.41, 5.74) is 0.859. The highest BCUT2D eigenvalue weighted by atomic mass is 16.5. The highest BCUT2D eigenvalue weighted by Gasteiger charge is 2.00. The van der Waals surface area contributed by atoms with E-state index in [1.165, 1.54) is 6.33 Å². The molecule has 0 fully saturated rings. The van der Waals surface area contributed by atoms with Crippen molar-refractivity contribution in [2.75, 3.05) is 0 Å². The van der Waals surface area contributed by atoms with Crippen LogP contribution in [0.1, 0.15) is 11.5 Å². The van der Waals surface area contributed by atoms with Crippen molar-refractivity contribution < 1.29 is 4.52 Å². The lowest BCUT2D eigenvalue weighted by molar-refractivity contribution is 0.387. The molecule has 2 aromatic rings. The van der Waals surface area contributed by atoms with Gasteiger partial charge >= 0.3 is 0 Å². The van der Waals surface area contributed by atoms with E-state index in [9.17, 15) is 0 Å². The van der Waals surface area contributed by atoms with Crippen molar-refractivity contribution in [3.8, 4) is 0 Å². The van der Waals surface area contributed by atoms with Crippen LogP contribution in [0.25, 0.3) is 0 Å². The van der Waals surface area contributed by atoms with E-state index in [1.807, 2.05) is 13.0 Å². The molecule has 0 aliphatic carbocycles. The van der Waals surface area contributed by atoms with Gasteiger partial charge in [-0.3, -0.25) is 0 Å². The van der Waals surface area contributed by atoms with Crippen LogP contribution in [0.5, 0.6) is 0 Å². The highest BCUT2D eigenvalue weighted by molar-refractivity contribution is 5.03. The average Bonchev–Trinajstić information content (AvgIpc) is 2.63. The van der Waals surface area contributed by atoms with Crippen LogP contribution in [0.2, 0.25) is 0 Å². The zero-order chi connectivity index (χ0) is 8.39. The molecule has 2 aromatic heterocycles. The van der Waals surface area contributed by atoms with E-state index in [4.69, 9.17) is 4.52 Å². The summed E-state index contributed by atoms with van der Waals surface area (Å²) in [7, 11) is 0. The lowest BCUT2D eigenvalue weighted by atomic mass is 10.4. The van der Waals surface area contributed by atoms with Gasteiger partial charge in [-0.15, -0.1) is 0 Å². The molecule has 0 spiro atoms. The Bertz CT molecular complexity index is 351. The first-order valence-electron chi connectivity index (χ1n) is 3.59. The standard InChI is InChI=1S/C7H8N4O/c1-6-2-7(10-12-6)3-11-5-8-4-9-11/h2,4-5H,3H2,1H3. The molecule has 0 amide bonds. The van der Waals surface area contributed by atoms with Crippen molar-refractivity contribution in [2.24, 2.45) is 0 Å². The molecule has 2 rings (SSSR count). The predicted molar refractivity (Wildman–Crippen MR) is 40.4 cm³/mol. The summed E-state index contributed by atoms with van der Waals surface area (Å²) >= 11 is 0. The summed E-state index contributed by atoms with van der Waals surface area (Å²) in [5.74, 6) is 0.810. The minimum Gasteiger partial charge on any atom is -0.361 e. The predicted octanol–water partition coefficient (Wildman–Crippen LogP) is 0.623. The van der Waals surface area contributed by atoms with Gasteiger partial charge in [-0.1, -0.05) is 5.16 Å². The molecule has 0 aliphatic heterocycles. The SMILES string of the molecule is Cc1cc(Cn2cncn2)no1. The summed E-state index contributed by atoms with van der Waals surface area (Å²) in [4.78, 5) is 3.82. The number of hydrogen-bond acceptors (Lipinski definition) is 4. The van der Waals surface area contributed by atoms with Gasteiger partial charge in [-0.25, -0.2) is 9.67 Å². The molecule has 0 atom stereocenters. The minimum atomic E-state index is 0.608. The third-order valence-electron chi connectivity index (χ3n) is 1.47. The van der Waals surface area contributed by atoms with Crippen LogP contribution in [0.15, 0.2) is 23.2 Å². The quantitative estimate of drug-likeness (QED) is 0.653. The van der Waals surface area contributed by atoms with Crippen LogP contribution in [-0.4, -0.2) is 19.9 Å². The molecule has 2 heterocycles. The fourth-order valence-electron chi connectivity index (χ4n) is 0.973. The summed E-state index contributed by atoms with van der Waals surface area (Å²) < 4.78 is 6.59. The first kappa shape index (κ1) is 7.02. The lowest BCUT2D eigenvalue weighted by Crippen LogP contribution is -1.99. The second-order valence-electron chi connectivity index (χ2n) is 2.52. The molecule has 0 N–H and O–H groups in total. The number of nitrogens with zero attached hydrogens (tertiary/aromatic N) is 4. The topological polar surface area (TPSA) is 56.7 Å². The first-order valence-corrected chi connectivity index (χ1v) is 3.59. The van der Waals surface area contributed by atoms with E-state index in [1.54, 1.807) is 11.0 Å². The maximum Gasteiger partial charge on any atom is 0.137 e. The molecule has 0 aliphatic rings. The zero-order valence-corrected chi connectivity index (χ0v) is 6.64. The summed E-state index contributed by atoms with van der Waals surface area (Å²) in [5, 5.41) is 7.77. The van der Waals surface area contributed by atoms with Crippen molar-refractivity contribution >= 4 is 0 Å². The van der Waals surface area contributed by atoms with Crippen LogP contribution in [0.3, 0.4) is 0 Å². The monoisotopic (exact) mass is 164 g/mol. The van der Waals surface area contributed by atoms with E-state index in [0.717, 1.165) is 11.5 Å². The van der Waals surface area contributed by atoms with E-state index in [2.05, 4.69) is 15.2 Å². The number of aryl methyl sites for hydroxylation is 1. The zero-order valence-electron chi connectivity index (χ0n) is 6.64. The molecular formula is C7H8N4O. The van der Waals surface area contributed by atoms with Gasteiger partial charge in [0.1, 0.15) is 24.1 Å². The molecule has 0 radical (unpaired) electrons. The minimum absolute atomic E-state index is 0.608. The Balaban J connectivity index is 2.14. The maximum absolute atomic E-state index is 4.90. The summed E-state index contributed by atoms with van der Waals surface area (Å²) in [6, 6.07) is 1.88. The Morgan fingerprint density at radius 2 is 2.50 bits per heavy atom. The van der Waals surface area contributed by atoms with E-state index in [-0.39, 0.29) is 0 Å². The number of rotatable bonds is 2. The van der Waals surface area contributed by atoms with Gasteiger partial charge in [0.25, 0.3) is 0 Å². The summed E-state index contributed by atoms with van der Waals surface area (Å²) in [6.07, 6.45) is 3.14. The Hall–Kier alpha value is -1.65. The van der Waals surface area contributed by atoms with Gasteiger partial charge in [0.05, 0.1) is 6.54 Å². The van der Waals surface area contributed by atoms with Crippen LogP contribution in [0, 0.1) is 6.92 Å². The highest BCUT2D eigenvalue weighted by Crippen LogP contribution is 2.02. The normalized spacial score (nSPS) is 10.4. The Morgan fingerprint density at radius 3 is 3.08 bits per heavy atom. The molecule has 0 unspecified atom stereocenters. The average molecular weight is 164 g/mol. The third-order valence-corrected chi connectivity index (χ3v) is 1.47. The van der Waals surface area contributed by atoms with Crippen molar-refractivity contribution in [1.82, 2.24) is 19.9 Å². The molecule has 5 nitrogen and oxygen atoms in total. The Labute approximate surface area is 69.0 Å². The number of hydrogen-bond donors (Lipinski definition) is 0. The summed E-state index contributed by atoms with van der Waals surface area (Å²) in [6.45, 7) is 2.47. The van der Waals surface area contributed by atoms with E-state index >= 15 is 0 Å². The van der Waals surface area contributed by atoms with E-state index in [0.29, 0.717) is 6.54 Å². The van der Waals surface area contributed by atoms with Gasteiger partial charge < -0.3 is 4.52 Å². The molecule has 0 saturated heterocycles. The second-order valence-corrected chi connectivity index (χ2v) is 2.52. The molecule has 62 valence electrons. The fourth-order valence-corrected chi connectivity index (χ4v) is 0.973. The molecule has 12 heavy (non-hydrogen) atoms. The lowest BCUT2D eigenvalue weighted by Gasteiger charge is -1.92. The largest absolute Gasteiger partial charge is 0.361 e. The Kier molecular flexibility index (Phi) is 1.62. The molecule has 0 bridgehead atoms. The van der Waals surface area contributed by atoms with Crippen molar-refractivity contribution in [3.63, 3.8) is 0 Å². The second kappa shape index (κ2) is 2.77. The van der Waals surface area contributed by atoms with Gasteiger partial charge in [-0.2, -0.15) is 5.10 Å². The van der Waals surface area contributed by atoms with Gasteiger partial charge in [0.2, 0.25) is 0 Å². The first-order chi connectivity index (χ1) is 5.84. The number of aromatic nitrogens is 4. The molecule has 0 saturated carbocycles. The smallest absolute Gasteiger partial charge is 0.137 e. The Morgan fingerprint density at radius 1 is 1.58 bits per heavy atom. The van der Waals surface area contributed by atoms with Crippen molar-refractivity contribution in [2.45, 2.75) is 13.5 Å². The van der Waals surface area contributed by atoms with E-state index < -0.39 is 0 Å². The van der Waals surface area contributed by atoms with Crippen molar-refractivity contribution in [1.29, 1.82) is 0 Å². The molecule has 5 heteroatoms. The molecule has 0 aromatic carbocycles. The molecular weight excluding hydrogens is 156 g/mol. The van der Waals surface area contributed by atoms with Crippen LogP contribution < -0.4 is 0 Å². The van der Waals surface area contributed by atoms with Crippen LogP contribution >= 0.6 is 0 Å². The van der Waals surface area contributed by atoms with Gasteiger partial charge in [0.15, 0.2) is 0 Å². The van der Waals surface area contributed by atoms with Gasteiger partial charge in [0, 0.05) is 6.07 Å². The van der Waals surface area contributed by atoms with Crippen LogP contribution in [0.4, 0.5) is 0 Å².